The molecule has 21 heavy (non-hydrogen) atoms. The summed E-state index contributed by atoms with van der Waals surface area (Å²) in [5, 5.41) is 20.9. The van der Waals surface area contributed by atoms with Gasteiger partial charge in [0.2, 0.25) is 6.54 Å². The van der Waals surface area contributed by atoms with Crippen LogP contribution in [-0.4, -0.2) is 22.5 Å². The lowest BCUT2D eigenvalue weighted by atomic mass is 9.46. The van der Waals surface area contributed by atoms with Crippen molar-refractivity contribution in [2.45, 2.75) is 33.6 Å². The lowest BCUT2D eigenvalue weighted by Gasteiger charge is -2.55. The van der Waals surface area contributed by atoms with Gasteiger partial charge in [0.05, 0.1) is 11.3 Å². The largest absolute Gasteiger partial charge is 0.481 e. The Bertz CT molecular complexity index is 517. The van der Waals surface area contributed by atoms with Gasteiger partial charge in [-0.3, -0.25) is 14.9 Å². The molecule has 1 N–H and O–H groups in total. The number of fused-ring (bicyclic) bond motifs is 1. The van der Waals surface area contributed by atoms with Crippen LogP contribution in [0.25, 0.3) is 0 Å². The lowest BCUT2D eigenvalue weighted by Crippen LogP contribution is -2.59. The third-order valence-electron chi connectivity index (χ3n) is 5.08. The summed E-state index contributed by atoms with van der Waals surface area (Å²) in [4.78, 5) is 22.7. The zero-order valence-electron chi connectivity index (χ0n) is 12.8. The molecule has 5 heteroatoms. The van der Waals surface area contributed by atoms with Gasteiger partial charge in [0, 0.05) is 4.92 Å². The molecule has 1 unspecified atom stereocenters. The molecule has 0 amide bonds. The highest BCUT2D eigenvalue weighted by molar-refractivity contribution is 5.72. The van der Waals surface area contributed by atoms with E-state index in [0.29, 0.717) is 12.3 Å². The van der Waals surface area contributed by atoms with E-state index in [1.807, 2.05) is 26.8 Å². The maximum absolute atomic E-state index is 11.8. The minimum atomic E-state index is -0.928. The molecule has 0 aliphatic heterocycles. The number of carboxylic acids is 1. The second kappa shape index (κ2) is 4.97. The van der Waals surface area contributed by atoms with Gasteiger partial charge in [0.1, 0.15) is 0 Å². The minimum absolute atomic E-state index is 0.0174. The fourth-order valence-electron chi connectivity index (χ4n) is 4.60. The maximum Gasteiger partial charge on any atom is 0.307 e. The van der Waals surface area contributed by atoms with E-state index < -0.39 is 22.7 Å². The lowest BCUT2D eigenvalue weighted by molar-refractivity contribution is -0.510. The number of nitro groups is 1. The number of hydrogen-bond donors (Lipinski definition) is 1. The van der Waals surface area contributed by atoms with Gasteiger partial charge in [-0.2, -0.15) is 0 Å². The molecule has 116 valence electrons. The smallest absolute Gasteiger partial charge is 0.307 e. The molecule has 0 aromatic heterocycles. The van der Waals surface area contributed by atoms with Gasteiger partial charge in [-0.1, -0.05) is 45.1 Å². The van der Waals surface area contributed by atoms with Crippen LogP contribution in [0.4, 0.5) is 0 Å². The average molecular weight is 293 g/mol. The monoisotopic (exact) mass is 293 g/mol. The van der Waals surface area contributed by atoms with E-state index in [0.717, 1.165) is 12.0 Å². The van der Waals surface area contributed by atoms with Crippen molar-refractivity contribution < 1.29 is 14.8 Å². The van der Waals surface area contributed by atoms with Crippen LogP contribution >= 0.6 is 0 Å². The Hall–Kier alpha value is -1.65. The number of allylic oxidation sites excluding steroid dienone is 3. The molecule has 2 aliphatic carbocycles. The second-order valence-corrected chi connectivity index (χ2v) is 7.50. The Labute approximate surface area is 124 Å². The first kappa shape index (κ1) is 15.7. The molecule has 2 aliphatic rings. The molecule has 0 saturated heterocycles. The molecular formula is C16H23NO4. The van der Waals surface area contributed by atoms with Crippen LogP contribution in [-0.2, 0) is 4.79 Å². The standard InChI is InChI=1S/C16H23NO4/c1-5-10-6-11-8-16(9-17(20)21,12(11)7-10)13(14(18)19)15(2,3)4/h5,7,11-13H,1,6,8-9H2,2-4H3,(H,18,19)/t11-,12-,13?,16+/m1/s1. The Morgan fingerprint density at radius 3 is 2.71 bits per heavy atom. The van der Waals surface area contributed by atoms with Crippen LogP contribution in [0.15, 0.2) is 24.3 Å². The zero-order valence-corrected chi connectivity index (χ0v) is 12.8. The molecule has 1 saturated carbocycles. The summed E-state index contributed by atoms with van der Waals surface area (Å²) in [6.07, 6.45) is 5.28. The van der Waals surface area contributed by atoms with Crippen molar-refractivity contribution in [3.63, 3.8) is 0 Å². The van der Waals surface area contributed by atoms with E-state index in [2.05, 4.69) is 6.58 Å². The number of carbonyl (C=O) groups is 1. The van der Waals surface area contributed by atoms with E-state index in [-0.39, 0.29) is 17.4 Å². The van der Waals surface area contributed by atoms with Crippen LogP contribution in [0, 0.1) is 38.7 Å². The van der Waals surface area contributed by atoms with Crippen molar-refractivity contribution in [3.05, 3.63) is 34.4 Å². The summed E-state index contributed by atoms with van der Waals surface area (Å²) in [5.74, 6) is -1.33. The Kier molecular flexibility index (Phi) is 3.72. The van der Waals surface area contributed by atoms with Crippen molar-refractivity contribution >= 4 is 5.97 Å². The second-order valence-electron chi connectivity index (χ2n) is 7.50. The fourth-order valence-corrected chi connectivity index (χ4v) is 4.60. The van der Waals surface area contributed by atoms with E-state index in [9.17, 15) is 20.0 Å². The molecule has 4 atom stereocenters. The first-order chi connectivity index (χ1) is 9.61. The molecule has 2 rings (SSSR count). The fraction of sp³-hybridized carbons (Fsp3) is 0.688. The summed E-state index contributed by atoms with van der Waals surface area (Å²) >= 11 is 0. The number of carboxylic acid groups (broad SMARTS) is 1. The summed E-state index contributed by atoms with van der Waals surface area (Å²) in [6, 6.07) is 0. The summed E-state index contributed by atoms with van der Waals surface area (Å²) in [6.45, 7) is 9.05. The Morgan fingerprint density at radius 1 is 1.67 bits per heavy atom. The summed E-state index contributed by atoms with van der Waals surface area (Å²) in [7, 11) is 0. The van der Waals surface area contributed by atoms with Crippen LogP contribution < -0.4 is 0 Å². The number of nitrogens with zero attached hydrogens (tertiary/aromatic N) is 1. The van der Waals surface area contributed by atoms with Crippen molar-refractivity contribution in [2.24, 2.45) is 28.6 Å². The van der Waals surface area contributed by atoms with Crippen LogP contribution in [0.5, 0.6) is 0 Å². The number of hydrogen-bond acceptors (Lipinski definition) is 3. The van der Waals surface area contributed by atoms with E-state index in [1.165, 1.54) is 0 Å². The molecule has 0 aromatic rings. The van der Waals surface area contributed by atoms with E-state index >= 15 is 0 Å². The van der Waals surface area contributed by atoms with Crippen LogP contribution in [0.3, 0.4) is 0 Å². The third-order valence-corrected chi connectivity index (χ3v) is 5.08. The maximum atomic E-state index is 11.8. The summed E-state index contributed by atoms with van der Waals surface area (Å²) in [5.41, 5.74) is -0.200. The van der Waals surface area contributed by atoms with Gasteiger partial charge in [-0.15, -0.1) is 0 Å². The van der Waals surface area contributed by atoms with Gasteiger partial charge >= 0.3 is 5.97 Å². The molecule has 0 bridgehead atoms. The Balaban J connectivity index is 2.44. The molecular weight excluding hydrogens is 270 g/mol. The SMILES string of the molecule is C=CC1=C[C@@H]2[C@H](C1)C[C@@]2(C[N+](=O)[O-])C(C(=O)O)C(C)(C)C. The molecule has 0 heterocycles. The first-order valence-electron chi connectivity index (χ1n) is 7.29. The molecule has 0 spiro atoms. The highest BCUT2D eigenvalue weighted by atomic mass is 16.6. The zero-order chi connectivity index (χ0) is 16.0. The molecule has 0 radical (unpaired) electrons. The van der Waals surface area contributed by atoms with Crippen LogP contribution in [0.2, 0.25) is 0 Å². The number of rotatable bonds is 5. The predicted octanol–water partition coefficient (Wildman–Crippen LogP) is 3.15. The van der Waals surface area contributed by atoms with E-state index in [1.54, 1.807) is 6.08 Å². The van der Waals surface area contributed by atoms with Gasteiger partial charge in [-0.05, 0) is 30.1 Å². The highest BCUT2D eigenvalue weighted by Gasteiger charge is 2.65. The van der Waals surface area contributed by atoms with Gasteiger partial charge < -0.3 is 5.11 Å². The molecule has 0 aromatic carbocycles. The predicted molar refractivity (Wildman–Crippen MR) is 79.4 cm³/mol. The van der Waals surface area contributed by atoms with Crippen molar-refractivity contribution in [1.82, 2.24) is 0 Å². The van der Waals surface area contributed by atoms with E-state index in [4.69, 9.17) is 0 Å². The quantitative estimate of drug-likeness (QED) is 0.623. The Morgan fingerprint density at radius 2 is 2.29 bits per heavy atom. The number of aliphatic carboxylic acids is 1. The molecule has 5 nitrogen and oxygen atoms in total. The molecule has 1 fully saturated rings. The summed E-state index contributed by atoms with van der Waals surface area (Å²) < 4.78 is 0. The topological polar surface area (TPSA) is 80.4 Å². The van der Waals surface area contributed by atoms with Crippen molar-refractivity contribution in [2.75, 3.05) is 6.54 Å². The third kappa shape index (κ3) is 2.49. The van der Waals surface area contributed by atoms with Crippen molar-refractivity contribution in [3.8, 4) is 0 Å². The minimum Gasteiger partial charge on any atom is -0.481 e. The normalized spacial score (nSPS) is 32.6. The first-order valence-corrected chi connectivity index (χ1v) is 7.29. The van der Waals surface area contributed by atoms with Gasteiger partial charge in [0.15, 0.2) is 0 Å². The van der Waals surface area contributed by atoms with Crippen molar-refractivity contribution in [1.29, 1.82) is 0 Å². The highest BCUT2D eigenvalue weighted by Crippen LogP contribution is 2.64. The van der Waals surface area contributed by atoms with Crippen LogP contribution in [0.1, 0.15) is 33.6 Å². The average Bonchev–Trinajstić information content (AvgIpc) is 2.63. The van der Waals surface area contributed by atoms with Gasteiger partial charge in [-0.25, -0.2) is 0 Å². The van der Waals surface area contributed by atoms with Gasteiger partial charge in [0.25, 0.3) is 0 Å².